The van der Waals surface area contributed by atoms with Gasteiger partial charge in [-0.05, 0) is 11.8 Å². The summed E-state index contributed by atoms with van der Waals surface area (Å²) in [7, 11) is 0. The maximum Gasteiger partial charge on any atom is 0.311 e. The van der Waals surface area contributed by atoms with E-state index in [0.29, 0.717) is 26.2 Å². The molecule has 2 atom stereocenters. The lowest BCUT2D eigenvalue weighted by molar-refractivity contribution is -0.157. The van der Waals surface area contributed by atoms with E-state index in [1.807, 2.05) is 0 Å². The van der Waals surface area contributed by atoms with Crippen LogP contribution in [-0.2, 0) is 14.3 Å². The molecule has 1 N–H and O–H groups in total. The van der Waals surface area contributed by atoms with E-state index in [4.69, 9.17) is 9.47 Å². The van der Waals surface area contributed by atoms with Crippen LogP contribution in [0.5, 0.6) is 0 Å². The molecule has 3 rings (SSSR count). The number of hydrogen-bond donors (Lipinski definition) is 1. The Morgan fingerprint density at radius 2 is 1.87 bits per heavy atom. The van der Waals surface area contributed by atoms with Gasteiger partial charge in [0, 0.05) is 51.8 Å². The van der Waals surface area contributed by atoms with Gasteiger partial charge >= 0.3 is 5.97 Å². The molecule has 23 heavy (non-hydrogen) atoms. The fourth-order valence-corrected chi connectivity index (χ4v) is 4.54. The van der Waals surface area contributed by atoms with Crippen LogP contribution in [0.3, 0.4) is 0 Å². The van der Waals surface area contributed by atoms with Gasteiger partial charge in [0.05, 0.1) is 25.2 Å². The largest absolute Gasteiger partial charge is 0.481 e. The van der Waals surface area contributed by atoms with Gasteiger partial charge in [0.15, 0.2) is 0 Å². The number of nitrogens with zero attached hydrogens (tertiary/aromatic N) is 2. The predicted octanol–water partition coefficient (Wildman–Crippen LogP) is 0.768. The molecule has 0 spiro atoms. The van der Waals surface area contributed by atoms with Crippen molar-refractivity contribution in [3.63, 3.8) is 0 Å². The number of carbonyl (C=O) groups is 1. The number of aliphatic carboxylic acids is 1. The third kappa shape index (κ3) is 3.71. The van der Waals surface area contributed by atoms with Crippen molar-refractivity contribution in [2.45, 2.75) is 20.3 Å². The topological polar surface area (TPSA) is 62.2 Å². The molecular weight excluding hydrogens is 296 g/mol. The van der Waals surface area contributed by atoms with Crippen molar-refractivity contribution >= 4 is 5.97 Å². The standard InChI is InChI=1S/C17H30N2O4/c1-16(2,11-18-4-7-22-8-5-18)12-19-9-14-10-23-6-3-17(14,13-19)15(20)21/h14H,3-13H2,1-2H3,(H,20,21)/t14-,17+/m1/s1. The second-order valence-corrected chi connectivity index (χ2v) is 8.21. The molecule has 0 aromatic rings. The number of rotatable bonds is 5. The fourth-order valence-electron chi connectivity index (χ4n) is 4.54. The minimum atomic E-state index is -0.640. The SMILES string of the molecule is CC(C)(CN1CCOCC1)CN1C[C@@H]2COCC[C@]2(C(=O)O)C1. The van der Waals surface area contributed by atoms with Gasteiger partial charge in [0.2, 0.25) is 0 Å². The Balaban J connectivity index is 1.60. The zero-order valence-electron chi connectivity index (χ0n) is 14.4. The van der Waals surface area contributed by atoms with Crippen molar-refractivity contribution in [2.75, 3.05) is 65.7 Å². The number of carboxylic acids is 1. The molecule has 6 heteroatoms. The van der Waals surface area contributed by atoms with Crippen LogP contribution in [0.2, 0.25) is 0 Å². The smallest absolute Gasteiger partial charge is 0.311 e. The van der Waals surface area contributed by atoms with Gasteiger partial charge in [-0.25, -0.2) is 0 Å². The minimum absolute atomic E-state index is 0.132. The summed E-state index contributed by atoms with van der Waals surface area (Å²) in [5.41, 5.74) is -0.446. The van der Waals surface area contributed by atoms with E-state index in [2.05, 4.69) is 23.6 Å². The minimum Gasteiger partial charge on any atom is -0.481 e. The van der Waals surface area contributed by atoms with Gasteiger partial charge in [-0.15, -0.1) is 0 Å². The number of hydrogen-bond acceptors (Lipinski definition) is 5. The molecule has 0 aromatic heterocycles. The summed E-state index contributed by atoms with van der Waals surface area (Å²) < 4.78 is 11.0. The number of ether oxygens (including phenoxy) is 2. The third-order valence-corrected chi connectivity index (χ3v) is 5.61. The number of fused-ring (bicyclic) bond motifs is 1. The summed E-state index contributed by atoms with van der Waals surface area (Å²) in [5.74, 6) is -0.507. The average Bonchev–Trinajstić information content (AvgIpc) is 2.86. The second-order valence-electron chi connectivity index (χ2n) is 8.21. The first-order chi connectivity index (χ1) is 10.9. The maximum absolute atomic E-state index is 11.9. The van der Waals surface area contributed by atoms with Gasteiger partial charge in [0.25, 0.3) is 0 Å². The summed E-state index contributed by atoms with van der Waals surface area (Å²) in [6.07, 6.45) is 0.646. The molecule has 3 aliphatic heterocycles. The predicted molar refractivity (Wildman–Crippen MR) is 86.5 cm³/mol. The molecule has 6 nitrogen and oxygen atoms in total. The summed E-state index contributed by atoms with van der Waals surface area (Å²) >= 11 is 0. The van der Waals surface area contributed by atoms with E-state index < -0.39 is 11.4 Å². The first kappa shape index (κ1) is 17.1. The number of morpholine rings is 1. The van der Waals surface area contributed by atoms with Crippen LogP contribution < -0.4 is 0 Å². The Morgan fingerprint density at radius 3 is 2.52 bits per heavy atom. The van der Waals surface area contributed by atoms with Crippen LogP contribution in [0.25, 0.3) is 0 Å². The molecule has 0 amide bonds. The van der Waals surface area contributed by atoms with Crippen molar-refractivity contribution in [1.82, 2.24) is 9.80 Å². The number of likely N-dealkylation sites (tertiary alicyclic amines) is 1. The highest BCUT2D eigenvalue weighted by molar-refractivity contribution is 5.76. The lowest BCUT2D eigenvalue weighted by atomic mass is 9.74. The number of carboxylic acid groups (broad SMARTS) is 1. The molecule has 3 fully saturated rings. The zero-order valence-corrected chi connectivity index (χ0v) is 14.4. The molecule has 3 aliphatic rings. The average molecular weight is 326 g/mol. The summed E-state index contributed by atoms with van der Waals surface area (Å²) in [6.45, 7) is 12.9. The first-order valence-electron chi connectivity index (χ1n) is 8.75. The van der Waals surface area contributed by atoms with Crippen molar-refractivity contribution in [1.29, 1.82) is 0 Å². The maximum atomic E-state index is 11.9. The highest BCUT2D eigenvalue weighted by Crippen LogP contribution is 2.43. The van der Waals surface area contributed by atoms with E-state index in [1.54, 1.807) is 0 Å². The lowest BCUT2D eigenvalue weighted by Gasteiger charge is -2.37. The highest BCUT2D eigenvalue weighted by atomic mass is 16.5. The van der Waals surface area contributed by atoms with Gasteiger partial charge < -0.3 is 19.5 Å². The molecule has 0 aliphatic carbocycles. The van der Waals surface area contributed by atoms with Crippen molar-refractivity contribution in [2.24, 2.45) is 16.7 Å². The van der Waals surface area contributed by atoms with Gasteiger partial charge in [-0.3, -0.25) is 9.69 Å². The Morgan fingerprint density at radius 1 is 1.17 bits per heavy atom. The van der Waals surface area contributed by atoms with E-state index >= 15 is 0 Å². The van der Waals surface area contributed by atoms with Crippen LogP contribution in [0.4, 0.5) is 0 Å². The summed E-state index contributed by atoms with van der Waals surface area (Å²) in [5, 5.41) is 9.77. The second kappa shape index (κ2) is 6.67. The fraction of sp³-hybridized carbons (Fsp3) is 0.941. The van der Waals surface area contributed by atoms with E-state index in [9.17, 15) is 9.90 Å². The van der Waals surface area contributed by atoms with Gasteiger partial charge in [0.1, 0.15) is 0 Å². The van der Waals surface area contributed by atoms with Gasteiger partial charge in [-0.1, -0.05) is 13.8 Å². The van der Waals surface area contributed by atoms with Crippen LogP contribution in [0, 0.1) is 16.7 Å². The first-order valence-corrected chi connectivity index (χ1v) is 8.75. The van der Waals surface area contributed by atoms with E-state index in [0.717, 1.165) is 45.9 Å². The highest BCUT2D eigenvalue weighted by Gasteiger charge is 2.54. The van der Waals surface area contributed by atoms with Crippen LogP contribution >= 0.6 is 0 Å². The molecule has 0 saturated carbocycles. The summed E-state index contributed by atoms with van der Waals surface area (Å²) in [6, 6.07) is 0. The molecular formula is C17H30N2O4. The molecule has 3 saturated heterocycles. The Labute approximate surface area is 138 Å². The zero-order chi connectivity index (χ0) is 16.5. The Hall–Kier alpha value is -0.690. The molecule has 132 valence electrons. The molecule has 0 unspecified atom stereocenters. The quantitative estimate of drug-likeness (QED) is 0.805. The van der Waals surface area contributed by atoms with Gasteiger partial charge in [-0.2, -0.15) is 0 Å². The Kier molecular flexibility index (Phi) is 4.97. The lowest BCUT2D eigenvalue weighted by Crippen LogP contribution is -2.47. The van der Waals surface area contributed by atoms with Crippen molar-refractivity contribution < 1.29 is 19.4 Å². The van der Waals surface area contributed by atoms with Crippen LogP contribution in [0.15, 0.2) is 0 Å². The molecule has 0 aromatic carbocycles. The normalized spacial score (nSPS) is 33.6. The van der Waals surface area contributed by atoms with E-state index in [1.165, 1.54) is 0 Å². The molecule has 0 bridgehead atoms. The molecule has 3 heterocycles. The van der Waals surface area contributed by atoms with Crippen LogP contribution in [-0.4, -0.2) is 86.6 Å². The monoisotopic (exact) mass is 326 g/mol. The Bertz CT molecular complexity index is 436. The molecule has 0 radical (unpaired) electrons. The van der Waals surface area contributed by atoms with Crippen molar-refractivity contribution in [3.8, 4) is 0 Å². The summed E-state index contributed by atoms with van der Waals surface area (Å²) in [4.78, 5) is 16.7. The van der Waals surface area contributed by atoms with Crippen LogP contribution in [0.1, 0.15) is 20.3 Å². The van der Waals surface area contributed by atoms with E-state index in [-0.39, 0.29) is 11.3 Å². The third-order valence-electron chi connectivity index (χ3n) is 5.61. The van der Waals surface area contributed by atoms with Crippen molar-refractivity contribution in [3.05, 3.63) is 0 Å².